The van der Waals surface area contributed by atoms with E-state index in [2.05, 4.69) is 10.3 Å². The Morgan fingerprint density at radius 1 is 1.23 bits per heavy atom. The second kappa shape index (κ2) is 8.33. The molecule has 30 heavy (non-hydrogen) atoms. The van der Waals surface area contributed by atoms with Crippen LogP contribution in [-0.2, 0) is 27.8 Å². The summed E-state index contributed by atoms with van der Waals surface area (Å²) in [5, 5.41) is 4.92. The zero-order chi connectivity index (χ0) is 21.3. The van der Waals surface area contributed by atoms with E-state index in [0.717, 1.165) is 21.3 Å². The van der Waals surface area contributed by atoms with Gasteiger partial charge in [0.15, 0.2) is 11.7 Å². The zero-order valence-electron chi connectivity index (χ0n) is 16.8. The van der Waals surface area contributed by atoms with E-state index in [-0.39, 0.29) is 12.5 Å². The van der Waals surface area contributed by atoms with Gasteiger partial charge in [-0.15, -0.1) is 11.3 Å². The van der Waals surface area contributed by atoms with Crippen LogP contribution >= 0.6 is 11.3 Å². The van der Waals surface area contributed by atoms with Crippen LogP contribution in [0.4, 0.5) is 5.13 Å². The quantitative estimate of drug-likeness (QED) is 0.628. The normalized spacial score (nSPS) is 14.6. The SMILES string of the molecule is CC(C)S(=O)(=O)N1CCc2nc(NC(=O)COc3ccc4ccccc4c3)sc2C1. The minimum atomic E-state index is -3.31. The number of anilines is 1. The summed E-state index contributed by atoms with van der Waals surface area (Å²) in [7, 11) is -3.31. The van der Waals surface area contributed by atoms with E-state index < -0.39 is 15.3 Å². The van der Waals surface area contributed by atoms with Crippen molar-refractivity contribution in [3.63, 3.8) is 0 Å². The first kappa shape index (κ1) is 20.8. The highest BCUT2D eigenvalue weighted by molar-refractivity contribution is 7.89. The number of hydrogen-bond donors (Lipinski definition) is 1. The molecule has 1 aromatic heterocycles. The van der Waals surface area contributed by atoms with Crippen LogP contribution in [0.2, 0.25) is 0 Å². The van der Waals surface area contributed by atoms with Gasteiger partial charge in [0.25, 0.3) is 5.91 Å². The third-order valence-electron chi connectivity index (χ3n) is 4.99. The third-order valence-corrected chi connectivity index (χ3v) is 8.21. The summed E-state index contributed by atoms with van der Waals surface area (Å²) in [6.07, 6.45) is 0.543. The van der Waals surface area contributed by atoms with Crippen LogP contribution in [0.1, 0.15) is 24.4 Å². The molecule has 0 saturated heterocycles. The number of hydrogen-bond acceptors (Lipinski definition) is 6. The molecule has 7 nitrogen and oxygen atoms in total. The fourth-order valence-electron chi connectivity index (χ4n) is 3.30. The van der Waals surface area contributed by atoms with Gasteiger partial charge in [0.1, 0.15) is 5.75 Å². The highest BCUT2D eigenvalue weighted by Gasteiger charge is 2.31. The summed E-state index contributed by atoms with van der Waals surface area (Å²) in [4.78, 5) is 17.6. The molecule has 1 amide bonds. The molecule has 0 saturated carbocycles. The Morgan fingerprint density at radius 2 is 2.00 bits per heavy atom. The lowest BCUT2D eigenvalue weighted by Gasteiger charge is -2.26. The fraction of sp³-hybridized carbons (Fsp3) is 0.333. The number of benzene rings is 2. The molecular formula is C21H23N3O4S2. The van der Waals surface area contributed by atoms with Crippen molar-refractivity contribution in [2.24, 2.45) is 0 Å². The first-order valence-electron chi connectivity index (χ1n) is 9.72. The van der Waals surface area contributed by atoms with E-state index >= 15 is 0 Å². The van der Waals surface area contributed by atoms with Crippen LogP contribution in [0.3, 0.4) is 0 Å². The van der Waals surface area contributed by atoms with Crippen molar-refractivity contribution in [2.45, 2.75) is 32.1 Å². The summed E-state index contributed by atoms with van der Waals surface area (Å²) in [6, 6.07) is 13.6. The Labute approximate surface area is 179 Å². The van der Waals surface area contributed by atoms with Crippen molar-refractivity contribution in [1.29, 1.82) is 0 Å². The summed E-state index contributed by atoms with van der Waals surface area (Å²) in [5.74, 6) is 0.317. The van der Waals surface area contributed by atoms with Crippen LogP contribution in [0.15, 0.2) is 42.5 Å². The number of carbonyl (C=O) groups excluding carboxylic acids is 1. The van der Waals surface area contributed by atoms with Gasteiger partial charge in [-0.05, 0) is 36.8 Å². The molecule has 158 valence electrons. The van der Waals surface area contributed by atoms with E-state index in [1.807, 2.05) is 42.5 Å². The van der Waals surface area contributed by atoms with Gasteiger partial charge in [-0.25, -0.2) is 13.4 Å². The highest BCUT2D eigenvalue weighted by atomic mass is 32.2. The van der Waals surface area contributed by atoms with Crippen molar-refractivity contribution in [3.8, 4) is 5.75 Å². The molecule has 0 unspecified atom stereocenters. The number of aromatic nitrogens is 1. The first-order chi connectivity index (χ1) is 14.3. The number of sulfonamides is 1. The maximum absolute atomic E-state index is 12.4. The first-order valence-corrected chi connectivity index (χ1v) is 12.0. The van der Waals surface area contributed by atoms with E-state index in [9.17, 15) is 13.2 Å². The highest BCUT2D eigenvalue weighted by Crippen LogP contribution is 2.30. The van der Waals surface area contributed by atoms with E-state index in [1.165, 1.54) is 15.6 Å². The van der Waals surface area contributed by atoms with Crippen molar-refractivity contribution < 1.29 is 17.9 Å². The van der Waals surface area contributed by atoms with Crippen LogP contribution in [0, 0.1) is 0 Å². The van der Waals surface area contributed by atoms with E-state index in [4.69, 9.17) is 4.74 Å². The minimum Gasteiger partial charge on any atom is -0.484 e. The molecular weight excluding hydrogens is 422 g/mol. The van der Waals surface area contributed by atoms with Crippen LogP contribution < -0.4 is 10.1 Å². The van der Waals surface area contributed by atoms with Gasteiger partial charge in [0, 0.05) is 24.4 Å². The molecule has 9 heteroatoms. The van der Waals surface area contributed by atoms with E-state index in [1.54, 1.807) is 13.8 Å². The molecule has 1 aliphatic rings. The largest absolute Gasteiger partial charge is 0.484 e. The number of nitrogens with zero attached hydrogens (tertiary/aromatic N) is 2. The Hall–Kier alpha value is -2.49. The Kier molecular flexibility index (Phi) is 5.77. The maximum Gasteiger partial charge on any atom is 0.264 e. The number of ether oxygens (including phenoxy) is 1. The summed E-state index contributed by atoms with van der Waals surface area (Å²) >= 11 is 1.31. The Bertz CT molecular complexity index is 1190. The molecule has 0 spiro atoms. The van der Waals surface area contributed by atoms with Gasteiger partial charge in [0.2, 0.25) is 10.0 Å². The third kappa shape index (κ3) is 4.33. The number of thiazole rings is 1. The molecule has 2 heterocycles. The van der Waals surface area contributed by atoms with Crippen molar-refractivity contribution in [1.82, 2.24) is 9.29 Å². The van der Waals surface area contributed by atoms with Crippen LogP contribution in [0.25, 0.3) is 10.8 Å². The molecule has 0 atom stereocenters. The number of carbonyl (C=O) groups is 1. The molecule has 0 radical (unpaired) electrons. The standard InChI is InChI=1S/C21H23N3O4S2/c1-14(2)30(26,27)24-10-9-18-19(12-24)29-21(22-18)23-20(25)13-28-17-8-7-15-5-3-4-6-16(15)11-17/h3-8,11,14H,9-10,12-13H2,1-2H3,(H,22,23,25). The summed E-state index contributed by atoms with van der Waals surface area (Å²) in [5.41, 5.74) is 0.848. The molecule has 1 aliphatic heterocycles. The lowest BCUT2D eigenvalue weighted by Crippen LogP contribution is -2.39. The van der Waals surface area contributed by atoms with E-state index in [0.29, 0.717) is 30.4 Å². The Morgan fingerprint density at radius 3 is 2.77 bits per heavy atom. The number of nitrogens with one attached hydrogen (secondary N) is 1. The van der Waals surface area contributed by atoms with Gasteiger partial charge in [-0.3, -0.25) is 10.1 Å². The fourth-order valence-corrected chi connectivity index (χ4v) is 5.68. The molecule has 0 fully saturated rings. The van der Waals surface area contributed by atoms with Crippen molar-refractivity contribution >= 4 is 43.2 Å². The molecule has 4 rings (SSSR count). The van der Waals surface area contributed by atoms with Gasteiger partial charge in [0.05, 0.1) is 10.9 Å². The topological polar surface area (TPSA) is 88.6 Å². The van der Waals surface area contributed by atoms with Crippen LogP contribution in [-0.4, -0.2) is 42.0 Å². The molecule has 0 bridgehead atoms. The van der Waals surface area contributed by atoms with Gasteiger partial charge < -0.3 is 4.74 Å². The number of amides is 1. The van der Waals surface area contributed by atoms with Crippen molar-refractivity contribution in [2.75, 3.05) is 18.5 Å². The maximum atomic E-state index is 12.4. The molecule has 1 N–H and O–H groups in total. The minimum absolute atomic E-state index is 0.129. The van der Waals surface area contributed by atoms with Gasteiger partial charge >= 0.3 is 0 Å². The molecule has 0 aliphatic carbocycles. The predicted octanol–water partition coefficient (Wildman–Crippen LogP) is 3.41. The van der Waals surface area contributed by atoms with Crippen molar-refractivity contribution in [3.05, 3.63) is 53.0 Å². The lowest BCUT2D eigenvalue weighted by molar-refractivity contribution is -0.118. The predicted molar refractivity (Wildman–Crippen MR) is 118 cm³/mol. The van der Waals surface area contributed by atoms with Gasteiger partial charge in [-0.2, -0.15) is 4.31 Å². The average molecular weight is 446 g/mol. The van der Waals surface area contributed by atoms with Gasteiger partial charge in [-0.1, -0.05) is 30.3 Å². The Balaban J connectivity index is 1.37. The summed E-state index contributed by atoms with van der Waals surface area (Å²) < 4.78 is 31.9. The molecule has 2 aromatic carbocycles. The average Bonchev–Trinajstić information content (AvgIpc) is 3.13. The zero-order valence-corrected chi connectivity index (χ0v) is 18.4. The number of rotatable bonds is 6. The smallest absolute Gasteiger partial charge is 0.264 e. The lowest BCUT2D eigenvalue weighted by atomic mass is 10.1. The van der Waals surface area contributed by atoms with Crippen LogP contribution in [0.5, 0.6) is 5.75 Å². The monoisotopic (exact) mass is 445 g/mol. The summed E-state index contributed by atoms with van der Waals surface area (Å²) in [6.45, 7) is 3.94. The second-order valence-corrected chi connectivity index (χ2v) is 11.0. The second-order valence-electron chi connectivity index (χ2n) is 7.41. The number of fused-ring (bicyclic) bond motifs is 2. The molecule has 3 aromatic rings.